The Bertz CT molecular complexity index is 312. The molecule has 0 aromatic heterocycles. The molecule has 1 amide bonds. The fourth-order valence-electron chi connectivity index (χ4n) is 0.914. The van der Waals surface area contributed by atoms with Crippen LogP contribution in [0.1, 0.15) is 15.9 Å². The molecule has 1 aromatic rings. The Kier molecular flexibility index (Phi) is 2.68. The fourth-order valence-corrected chi connectivity index (χ4v) is 1.09. The van der Waals surface area contributed by atoms with Gasteiger partial charge in [-0.3, -0.25) is 10.0 Å². The molecule has 1 rings (SSSR count). The van der Waals surface area contributed by atoms with Crippen LogP contribution < -0.4 is 5.48 Å². The van der Waals surface area contributed by atoms with Crippen molar-refractivity contribution in [3.8, 4) is 0 Å². The van der Waals surface area contributed by atoms with Gasteiger partial charge in [-0.2, -0.15) is 0 Å². The average Bonchev–Trinajstić information content (AvgIpc) is 2.08. The molecule has 0 heterocycles. The fraction of sp³-hybridized carbons (Fsp3) is 0.125. The number of nitrogens with one attached hydrogen (secondary N) is 1. The molecule has 0 saturated heterocycles. The van der Waals surface area contributed by atoms with Gasteiger partial charge < -0.3 is 0 Å². The van der Waals surface area contributed by atoms with Crippen molar-refractivity contribution < 1.29 is 10.0 Å². The number of hydrogen-bond acceptors (Lipinski definition) is 2. The maximum atomic E-state index is 11.0. The van der Waals surface area contributed by atoms with Gasteiger partial charge in [0.2, 0.25) is 0 Å². The number of hydroxylamine groups is 1. The summed E-state index contributed by atoms with van der Waals surface area (Å²) in [5.41, 5.74) is 2.59. The van der Waals surface area contributed by atoms with Crippen LogP contribution in [0.25, 0.3) is 0 Å². The molecule has 0 spiro atoms. The highest BCUT2D eigenvalue weighted by Gasteiger charge is 2.08. The standard InChI is InChI=1S/C8H8ClNO2/c1-5-6(8(11)10-12)3-2-4-7(5)9/h2-4,12H,1H3,(H,10,11). The lowest BCUT2D eigenvalue weighted by molar-refractivity contribution is 0.0705. The summed E-state index contributed by atoms with van der Waals surface area (Å²) in [4.78, 5) is 11.0. The summed E-state index contributed by atoms with van der Waals surface area (Å²) in [6.45, 7) is 1.72. The molecule has 2 N–H and O–H groups in total. The topological polar surface area (TPSA) is 49.3 Å². The van der Waals surface area contributed by atoms with E-state index in [2.05, 4.69) is 0 Å². The van der Waals surface area contributed by atoms with Crippen LogP contribution >= 0.6 is 11.6 Å². The number of benzene rings is 1. The molecular formula is C8H8ClNO2. The van der Waals surface area contributed by atoms with Crippen LogP contribution in [0.15, 0.2) is 18.2 Å². The minimum atomic E-state index is -0.546. The highest BCUT2D eigenvalue weighted by Crippen LogP contribution is 2.18. The van der Waals surface area contributed by atoms with Gasteiger partial charge in [-0.1, -0.05) is 17.7 Å². The van der Waals surface area contributed by atoms with Crippen LogP contribution in [0.3, 0.4) is 0 Å². The minimum absolute atomic E-state index is 0.380. The second-order valence-electron chi connectivity index (χ2n) is 2.35. The summed E-state index contributed by atoms with van der Waals surface area (Å²) < 4.78 is 0. The first-order valence-corrected chi connectivity index (χ1v) is 3.74. The Morgan fingerprint density at radius 3 is 2.83 bits per heavy atom. The van der Waals surface area contributed by atoms with Crippen LogP contribution in [-0.2, 0) is 0 Å². The van der Waals surface area contributed by atoms with Crippen molar-refractivity contribution in [3.63, 3.8) is 0 Å². The number of carbonyl (C=O) groups is 1. The zero-order valence-corrected chi connectivity index (χ0v) is 7.22. The molecule has 0 bridgehead atoms. The van der Waals surface area contributed by atoms with Crippen molar-refractivity contribution in [2.75, 3.05) is 0 Å². The third-order valence-electron chi connectivity index (χ3n) is 1.61. The normalized spacial score (nSPS) is 9.58. The molecule has 12 heavy (non-hydrogen) atoms. The average molecular weight is 186 g/mol. The first kappa shape index (κ1) is 9.03. The van der Waals surface area contributed by atoms with Crippen LogP contribution in [0.4, 0.5) is 0 Å². The van der Waals surface area contributed by atoms with Crippen LogP contribution in [0.5, 0.6) is 0 Å². The zero-order chi connectivity index (χ0) is 9.14. The van der Waals surface area contributed by atoms with E-state index >= 15 is 0 Å². The van der Waals surface area contributed by atoms with Crippen molar-refractivity contribution in [3.05, 3.63) is 34.3 Å². The summed E-state index contributed by atoms with van der Waals surface area (Å²) in [5, 5.41) is 8.87. The van der Waals surface area contributed by atoms with E-state index in [0.29, 0.717) is 16.1 Å². The molecule has 3 nitrogen and oxygen atoms in total. The predicted molar refractivity (Wildman–Crippen MR) is 45.4 cm³/mol. The van der Waals surface area contributed by atoms with E-state index in [1.165, 1.54) is 0 Å². The second-order valence-corrected chi connectivity index (χ2v) is 2.76. The number of rotatable bonds is 1. The molecule has 0 aliphatic rings. The second kappa shape index (κ2) is 3.56. The molecule has 0 aliphatic carbocycles. The van der Waals surface area contributed by atoms with Gasteiger partial charge in [-0.15, -0.1) is 0 Å². The molecule has 4 heteroatoms. The van der Waals surface area contributed by atoms with Crippen LogP contribution in [0, 0.1) is 6.92 Å². The molecule has 0 atom stereocenters. The molecule has 0 saturated carbocycles. The van der Waals surface area contributed by atoms with Gasteiger partial charge in [0.25, 0.3) is 5.91 Å². The smallest absolute Gasteiger partial charge is 0.274 e. The van der Waals surface area contributed by atoms with Gasteiger partial charge in [0.1, 0.15) is 0 Å². The van der Waals surface area contributed by atoms with Gasteiger partial charge in [0, 0.05) is 10.6 Å². The molecule has 0 aliphatic heterocycles. The molecule has 0 radical (unpaired) electrons. The summed E-state index contributed by atoms with van der Waals surface area (Å²) >= 11 is 5.75. The molecule has 1 aromatic carbocycles. The Labute approximate surface area is 74.9 Å². The van der Waals surface area contributed by atoms with E-state index < -0.39 is 5.91 Å². The van der Waals surface area contributed by atoms with Crippen molar-refractivity contribution in [2.24, 2.45) is 0 Å². The van der Waals surface area contributed by atoms with E-state index in [4.69, 9.17) is 16.8 Å². The van der Waals surface area contributed by atoms with Crippen LogP contribution in [0.2, 0.25) is 5.02 Å². The minimum Gasteiger partial charge on any atom is -0.288 e. The van der Waals surface area contributed by atoms with Crippen molar-refractivity contribution in [1.82, 2.24) is 5.48 Å². The lowest BCUT2D eigenvalue weighted by atomic mass is 10.1. The van der Waals surface area contributed by atoms with E-state index in [1.54, 1.807) is 30.6 Å². The summed E-state index contributed by atoms with van der Waals surface area (Å²) in [5.74, 6) is -0.546. The summed E-state index contributed by atoms with van der Waals surface area (Å²) in [7, 11) is 0. The molecule has 0 fully saturated rings. The SMILES string of the molecule is Cc1c(Cl)cccc1C(=O)NO. The van der Waals surface area contributed by atoms with E-state index in [0.717, 1.165) is 0 Å². The zero-order valence-electron chi connectivity index (χ0n) is 6.47. The first-order chi connectivity index (χ1) is 5.66. The first-order valence-electron chi connectivity index (χ1n) is 3.36. The van der Waals surface area contributed by atoms with Crippen molar-refractivity contribution in [2.45, 2.75) is 6.92 Å². The quantitative estimate of drug-likeness (QED) is 0.518. The van der Waals surface area contributed by atoms with Gasteiger partial charge in [-0.05, 0) is 24.6 Å². The van der Waals surface area contributed by atoms with Gasteiger partial charge in [-0.25, -0.2) is 5.48 Å². The van der Waals surface area contributed by atoms with Gasteiger partial charge >= 0.3 is 0 Å². The number of hydrogen-bond donors (Lipinski definition) is 2. The lowest BCUT2D eigenvalue weighted by Crippen LogP contribution is -2.19. The molecule has 64 valence electrons. The maximum absolute atomic E-state index is 11.0. The maximum Gasteiger partial charge on any atom is 0.274 e. The number of carbonyl (C=O) groups excluding carboxylic acids is 1. The Balaban J connectivity index is 3.16. The Hall–Kier alpha value is -1.06. The van der Waals surface area contributed by atoms with E-state index in [9.17, 15) is 4.79 Å². The Morgan fingerprint density at radius 1 is 1.58 bits per heavy atom. The predicted octanol–water partition coefficient (Wildman–Crippen LogP) is 1.77. The molecular weight excluding hydrogens is 178 g/mol. The highest BCUT2D eigenvalue weighted by molar-refractivity contribution is 6.31. The molecule has 0 unspecified atom stereocenters. The third-order valence-corrected chi connectivity index (χ3v) is 2.02. The van der Waals surface area contributed by atoms with Crippen LogP contribution in [-0.4, -0.2) is 11.1 Å². The highest BCUT2D eigenvalue weighted by atomic mass is 35.5. The van der Waals surface area contributed by atoms with Gasteiger partial charge in [0.15, 0.2) is 0 Å². The number of halogens is 1. The summed E-state index contributed by atoms with van der Waals surface area (Å²) in [6, 6.07) is 4.93. The van der Waals surface area contributed by atoms with E-state index in [1.807, 2.05) is 0 Å². The van der Waals surface area contributed by atoms with Crippen molar-refractivity contribution >= 4 is 17.5 Å². The summed E-state index contributed by atoms with van der Waals surface area (Å²) in [6.07, 6.45) is 0. The van der Waals surface area contributed by atoms with E-state index in [-0.39, 0.29) is 0 Å². The largest absolute Gasteiger partial charge is 0.288 e. The Morgan fingerprint density at radius 2 is 2.25 bits per heavy atom. The lowest BCUT2D eigenvalue weighted by Gasteiger charge is -2.03. The van der Waals surface area contributed by atoms with Crippen molar-refractivity contribution in [1.29, 1.82) is 0 Å². The van der Waals surface area contributed by atoms with Gasteiger partial charge in [0.05, 0.1) is 0 Å². The number of amides is 1. The third kappa shape index (κ3) is 1.57. The monoisotopic (exact) mass is 185 g/mol.